The molecule has 0 spiro atoms. The average Bonchev–Trinajstić information content (AvgIpc) is 3.30. The first-order valence-corrected chi connectivity index (χ1v) is 12.3. The van der Waals surface area contributed by atoms with Gasteiger partial charge >= 0.3 is 5.97 Å². The number of esters is 1. The molecule has 6 heteroatoms. The first kappa shape index (κ1) is 20.8. The van der Waals surface area contributed by atoms with Crippen molar-refractivity contribution in [2.75, 3.05) is 12.0 Å². The van der Waals surface area contributed by atoms with Crippen molar-refractivity contribution in [1.82, 2.24) is 4.98 Å². The number of rotatable bonds is 6. The minimum Gasteiger partial charge on any atom is -0.466 e. The van der Waals surface area contributed by atoms with Crippen LogP contribution in [0, 0.1) is 0 Å². The molecule has 3 aliphatic rings. The number of nitrogens with one attached hydrogen (secondary N) is 1. The van der Waals surface area contributed by atoms with Gasteiger partial charge in [0.15, 0.2) is 0 Å². The Kier molecular flexibility index (Phi) is 5.23. The van der Waals surface area contributed by atoms with Gasteiger partial charge in [-0.05, 0) is 51.9 Å². The highest BCUT2D eigenvalue weighted by molar-refractivity contribution is 7.13. The van der Waals surface area contributed by atoms with Gasteiger partial charge in [0.1, 0.15) is 0 Å². The van der Waals surface area contributed by atoms with Crippen LogP contribution in [0.4, 0.5) is 5.13 Å². The van der Waals surface area contributed by atoms with Crippen LogP contribution in [0.15, 0.2) is 77.2 Å². The van der Waals surface area contributed by atoms with Gasteiger partial charge < -0.3 is 4.74 Å². The number of benzene rings is 3. The van der Waals surface area contributed by atoms with Crippen molar-refractivity contribution in [1.29, 1.82) is 0 Å². The summed E-state index contributed by atoms with van der Waals surface area (Å²) in [6, 6.07) is 24.3. The van der Waals surface area contributed by atoms with E-state index in [0.29, 0.717) is 17.4 Å². The predicted octanol–water partition coefficient (Wildman–Crippen LogP) is 5.68. The van der Waals surface area contributed by atoms with Crippen molar-refractivity contribution < 1.29 is 9.53 Å². The van der Waals surface area contributed by atoms with Crippen molar-refractivity contribution in [2.24, 2.45) is 5.10 Å². The summed E-state index contributed by atoms with van der Waals surface area (Å²) >= 11 is 1.42. The van der Waals surface area contributed by atoms with Crippen LogP contribution in [-0.4, -0.2) is 23.8 Å². The molecular weight excluding hydrogens is 442 g/mol. The van der Waals surface area contributed by atoms with Crippen LogP contribution in [0.3, 0.4) is 0 Å². The molecule has 0 saturated carbocycles. The molecule has 2 bridgehead atoms. The normalized spacial score (nSPS) is 17.2. The summed E-state index contributed by atoms with van der Waals surface area (Å²) in [5.74, 6) is 0.261. The lowest BCUT2D eigenvalue weighted by atomic mass is 9.61. The Balaban J connectivity index is 1.25. The standard InChI is InChI=1S/C28H23N3O2S/c1-2-33-25(32)14-18-16-34-28(30-18)31-29-15-17-11-12-23-24(13-17)27-21-9-5-3-7-19(21)26(23)20-8-4-6-10-22(20)27/h3-13,15-16,26-27H,2,14H2,1H3,(H,30,31). The lowest BCUT2D eigenvalue weighted by Crippen LogP contribution is -2.27. The molecule has 5 nitrogen and oxygen atoms in total. The molecule has 3 aromatic carbocycles. The van der Waals surface area contributed by atoms with Gasteiger partial charge in [-0.3, -0.25) is 10.2 Å². The van der Waals surface area contributed by atoms with Crippen LogP contribution in [0.25, 0.3) is 0 Å². The first-order chi connectivity index (χ1) is 16.7. The molecule has 7 rings (SSSR count). The highest BCUT2D eigenvalue weighted by atomic mass is 32.1. The van der Waals surface area contributed by atoms with E-state index in [0.717, 1.165) is 5.56 Å². The van der Waals surface area contributed by atoms with Crippen LogP contribution in [0.5, 0.6) is 0 Å². The van der Waals surface area contributed by atoms with Crippen LogP contribution in [0.2, 0.25) is 0 Å². The third-order valence-corrected chi connectivity index (χ3v) is 7.32. The van der Waals surface area contributed by atoms with E-state index in [2.05, 4.69) is 82.2 Å². The Morgan fingerprint density at radius 3 is 2.24 bits per heavy atom. The third-order valence-electron chi connectivity index (χ3n) is 6.53. The number of hydrogen-bond donors (Lipinski definition) is 1. The molecule has 0 saturated heterocycles. The monoisotopic (exact) mass is 465 g/mol. The van der Waals surface area contributed by atoms with Crippen LogP contribution < -0.4 is 5.43 Å². The lowest BCUT2D eigenvalue weighted by molar-refractivity contribution is -0.142. The minimum atomic E-state index is -0.269. The fourth-order valence-electron chi connectivity index (χ4n) is 5.23. The third kappa shape index (κ3) is 3.51. The molecule has 1 N–H and O–H groups in total. The quantitative estimate of drug-likeness (QED) is 0.195. The number of aromatic nitrogens is 1. The van der Waals surface area contributed by atoms with E-state index in [1.807, 2.05) is 11.6 Å². The van der Waals surface area contributed by atoms with Crippen molar-refractivity contribution in [3.05, 3.63) is 117 Å². The van der Waals surface area contributed by atoms with Crippen molar-refractivity contribution in [3.8, 4) is 0 Å². The van der Waals surface area contributed by atoms with Crippen LogP contribution in [0.1, 0.15) is 63.4 Å². The van der Waals surface area contributed by atoms with Crippen LogP contribution in [-0.2, 0) is 16.0 Å². The van der Waals surface area contributed by atoms with Crippen molar-refractivity contribution in [3.63, 3.8) is 0 Å². The molecular formula is C28H23N3O2S. The van der Waals surface area contributed by atoms with Gasteiger partial charge in [0, 0.05) is 17.2 Å². The molecule has 34 heavy (non-hydrogen) atoms. The highest BCUT2D eigenvalue weighted by Gasteiger charge is 2.40. The Morgan fingerprint density at radius 2 is 1.59 bits per heavy atom. The van der Waals surface area contributed by atoms with Crippen LogP contribution >= 0.6 is 11.3 Å². The predicted molar refractivity (Wildman–Crippen MR) is 135 cm³/mol. The molecule has 4 aromatic rings. The van der Waals surface area contributed by atoms with Gasteiger partial charge in [0.2, 0.25) is 5.13 Å². The average molecular weight is 466 g/mol. The molecule has 168 valence electrons. The molecule has 0 radical (unpaired) electrons. The topological polar surface area (TPSA) is 63.6 Å². The maximum atomic E-state index is 11.6. The summed E-state index contributed by atoms with van der Waals surface area (Å²) in [7, 11) is 0. The van der Waals surface area contributed by atoms with Gasteiger partial charge in [-0.25, -0.2) is 4.98 Å². The molecule has 0 fully saturated rings. The SMILES string of the molecule is CCOC(=O)Cc1csc(NN=Cc2ccc3c(c2)C2c4ccccc4C3c3ccccc32)n1. The van der Waals surface area contributed by atoms with Gasteiger partial charge in [0.05, 0.1) is 24.9 Å². The number of hydrazone groups is 1. The maximum Gasteiger partial charge on any atom is 0.311 e. The van der Waals surface area contributed by atoms with E-state index in [9.17, 15) is 4.79 Å². The Labute approximate surface area is 202 Å². The largest absolute Gasteiger partial charge is 0.466 e. The number of anilines is 1. The molecule has 1 heterocycles. The Morgan fingerprint density at radius 1 is 0.971 bits per heavy atom. The summed E-state index contributed by atoms with van der Waals surface area (Å²) in [5, 5.41) is 6.89. The summed E-state index contributed by atoms with van der Waals surface area (Å²) in [4.78, 5) is 16.0. The number of thiazole rings is 1. The number of hydrogen-bond acceptors (Lipinski definition) is 6. The summed E-state index contributed by atoms with van der Waals surface area (Å²) in [6.07, 6.45) is 2.00. The number of nitrogens with zero attached hydrogens (tertiary/aromatic N) is 2. The summed E-state index contributed by atoms with van der Waals surface area (Å²) < 4.78 is 4.98. The second-order valence-corrected chi connectivity index (χ2v) is 9.37. The van der Waals surface area contributed by atoms with E-state index in [1.165, 1.54) is 44.7 Å². The Bertz CT molecular complexity index is 1380. The van der Waals surface area contributed by atoms with E-state index in [4.69, 9.17) is 4.74 Å². The molecule has 1 aromatic heterocycles. The smallest absolute Gasteiger partial charge is 0.311 e. The van der Waals surface area contributed by atoms with Gasteiger partial charge in [-0.1, -0.05) is 60.7 Å². The summed E-state index contributed by atoms with van der Waals surface area (Å²) in [5.41, 5.74) is 13.1. The summed E-state index contributed by atoms with van der Waals surface area (Å²) in [6.45, 7) is 2.17. The van der Waals surface area contributed by atoms with E-state index >= 15 is 0 Å². The molecule has 0 aliphatic heterocycles. The number of carbonyl (C=O) groups is 1. The number of ether oxygens (including phenoxy) is 1. The highest BCUT2D eigenvalue weighted by Crippen LogP contribution is 2.55. The van der Waals surface area contributed by atoms with Gasteiger partial charge in [-0.2, -0.15) is 5.10 Å². The maximum absolute atomic E-state index is 11.6. The molecule has 3 aliphatic carbocycles. The van der Waals surface area contributed by atoms with Gasteiger partial charge in [0.25, 0.3) is 0 Å². The zero-order valence-electron chi connectivity index (χ0n) is 18.7. The van der Waals surface area contributed by atoms with E-state index in [1.54, 1.807) is 6.92 Å². The lowest BCUT2D eigenvalue weighted by Gasteiger charge is -2.42. The number of carbonyl (C=O) groups excluding carboxylic acids is 1. The molecule has 0 unspecified atom stereocenters. The molecule has 0 amide bonds. The second-order valence-electron chi connectivity index (χ2n) is 8.51. The zero-order valence-corrected chi connectivity index (χ0v) is 19.5. The molecule has 0 atom stereocenters. The van der Waals surface area contributed by atoms with Crippen molar-refractivity contribution in [2.45, 2.75) is 25.2 Å². The van der Waals surface area contributed by atoms with Crippen molar-refractivity contribution >= 4 is 28.7 Å². The zero-order chi connectivity index (χ0) is 23.1. The fourth-order valence-corrected chi connectivity index (χ4v) is 5.89. The fraction of sp³-hybridized carbons (Fsp3) is 0.179. The Hall–Kier alpha value is -3.77. The van der Waals surface area contributed by atoms with E-state index < -0.39 is 0 Å². The first-order valence-electron chi connectivity index (χ1n) is 11.4. The van der Waals surface area contributed by atoms with Gasteiger partial charge in [-0.15, -0.1) is 11.3 Å². The van der Waals surface area contributed by atoms with E-state index in [-0.39, 0.29) is 24.2 Å². The second kappa shape index (κ2) is 8.54. The minimum absolute atomic E-state index is 0.173.